The topological polar surface area (TPSA) is 64.7 Å². The van der Waals surface area contributed by atoms with Crippen molar-refractivity contribution in [2.75, 3.05) is 0 Å². The lowest BCUT2D eigenvalue weighted by Crippen LogP contribution is -1.89. The molecule has 2 aromatic rings. The third kappa shape index (κ3) is 26.0. The molecule has 0 spiro atoms. The molecule has 2 aromatic carbocycles. The predicted molar refractivity (Wildman–Crippen MR) is 162 cm³/mol. The lowest BCUT2D eigenvalue weighted by Gasteiger charge is -2.03. The SMILES string of the molecule is CCC.CCC(C)C=O.CCCC.CCCCCC.N#CCCc1ccc(-c2ccc(C#N)cc2)cc1. The molecule has 3 heteroatoms. The number of hydrogen-bond donors (Lipinski definition) is 0. The van der Waals surface area contributed by atoms with Gasteiger partial charge in [0.2, 0.25) is 0 Å². The van der Waals surface area contributed by atoms with Crippen LogP contribution in [0, 0.1) is 28.6 Å². The number of aldehydes is 1. The van der Waals surface area contributed by atoms with E-state index in [1.165, 1.54) is 50.5 Å². The van der Waals surface area contributed by atoms with Crippen molar-refractivity contribution in [1.82, 2.24) is 0 Å². The van der Waals surface area contributed by atoms with Crippen LogP contribution in [0.1, 0.15) is 124 Å². The van der Waals surface area contributed by atoms with Gasteiger partial charge in [0.25, 0.3) is 0 Å². The van der Waals surface area contributed by atoms with E-state index in [0.29, 0.717) is 12.0 Å². The summed E-state index contributed by atoms with van der Waals surface area (Å²) < 4.78 is 0. The smallest absolute Gasteiger partial charge is 0.122 e. The number of carbonyl (C=O) groups excluding carboxylic acids is 1. The minimum absolute atomic E-state index is 0.255. The van der Waals surface area contributed by atoms with E-state index >= 15 is 0 Å². The van der Waals surface area contributed by atoms with Crippen molar-refractivity contribution in [3.63, 3.8) is 0 Å². The predicted octanol–water partition coefficient (Wildman–Crippen LogP) is 10.7. The first-order chi connectivity index (χ1) is 17.9. The third-order valence-electron chi connectivity index (χ3n) is 5.16. The summed E-state index contributed by atoms with van der Waals surface area (Å²) >= 11 is 0. The highest BCUT2D eigenvalue weighted by Crippen LogP contribution is 2.20. The van der Waals surface area contributed by atoms with Gasteiger partial charge in [-0.2, -0.15) is 10.5 Å². The number of nitriles is 2. The summed E-state index contributed by atoms with van der Waals surface area (Å²) in [5, 5.41) is 17.3. The van der Waals surface area contributed by atoms with E-state index in [2.05, 4.69) is 53.7 Å². The van der Waals surface area contributed by atoms with Gasteiger partial charge in [0, 0.05) is 12.3 Å². The van der Waals surface area contributed by atoms with E-state index in [4.69, 9.17) is 10.5 Å². The summed E-state index contributed by atoms with van der Waals surface area (Å²) in [4.78, 5) is 9.74. The van der Waals surface area contributed by atoms with Crippen molar-refractivity contribution < 1.29 is 4.79 Å². The van der Waals surface area contributed by atoms with Gasteiger partial charge >= 0.3 is 0 Å². The molecule has 0 aliphatic carbocycles. The lowest BCUT2D eigenvalue weighted by molar-refractivity contribution is -0.110. The first kappa shape index (κ1) is 38.6. The van der Waals surface area contributed by atoms with Gasteiger partial charge < -0.3 is 4.79 Å². The molecule has 0 aliphatic heterocycles. The van der Waals surface area contributed by atoms with E-state index in [9.17, 15) is 4.79 Å². The molecule has 0 N–H and O–H groups in total. The fourth-order valence-corrected chi connectivity index (χ4v) is 2.40. The van der Waals surface area contributed by atoms with Gasteiger partial charge in [-0.1, -0.05) is 137 Å². The third-order valence-corrected chi connectivity index (χ3v) is 5.16. The molecule has 0 bridgehead atoms. The normalized spacial score (nSPS) is 9.57. The van der Waals surface area contributed by atoms with Crippen LogP contribution in [0.25, 0.3) is 11.1 Å². The number of nitrogens with zero attached hydrogens (tertiary/aromatic N) is 2. The molecule has 37 heavy (non-hydrogen) atoms. The molecule has 206 valence electrons. The van der Waals surface area contributed by atoms with Crippen molar-refractivity contribution in [1.29, 1.82) is 10.5 Å². The quantitative estimate of drug-likeness (QED) is 0.251. The summed E-state index contributed by atoms with van der Waals surface area (Å²) in [5.41, 5.74) is 4.07. The van der Waals surface area contributed by atoms with Gasteiger partial charge in [-0.25, -0.2) is 0 Å². The summed E-state index contributed by atoms with van der Waals surface area (Å²) in [6, 6.07) is 20.0. The minimum Gasteiger partial charge on any atom is -0.303 e. The summed E-state index contributed by atoms with van der Waals surface area (Å²) in [7, 11) is 0. The van der Waals surface area contributed by atoms with Crippen molar-refractivity contribution in [2.45, 2.75) is 120 Å². The molecule has 0 aliphatic rings. The van der Waals surface area contributed by atoms with E-state index in [-0.39, 0.29) is 5.92 Å². The number of aryl methyl sites for hydroxylation is 1. The van der Waals surface area contributed by atoms with E-state index in [1.54, 1.807) is 0 Å². The Morgan fingerprint density at radius 3 is 1.43 bits per heavy atom. The Morgan fingerprint density at radius 2 is 1.16 bits per heavy atom. The molecule has 0 heterocycles. The molecule has 1 atom stereocenters. The van der Waals surface area contributed by atoms with Crippen LogP contribution < -0.4 is 0 Å². The van der Waals surface area contributed by atoms with Gasteiger partial charge in [-0.3, -0.25) is 0 Å². The van der Waals surface area contributed by atoms with Gasteiger partial charge in [-0.05, 0) is 41.7 Å². The Balaban J connectivity index is -0.000000501. The second-order valence-corrected chi connectivity index (χ2v) is 8.98. The maximum Gasteiger partial charge on any atom is 0.122 e. The Hall–Kier alpha value is -2.91. The Kier molecular flexibility index (Phi) is 32.5. The Bertz CT molecular complexity index is 805. The largest absolute Gasteiger partial charge is 0.303 e. The molecule has 0 amide bonds. The summed E-state index contributed by atoms with van der Waals surface area (Å²) in [5.74, 6) is 0.255. The molecule has 0 fully saturated rings. The van der Waals surface area contributed by atoms with E-state index in [0.717, 1.165) is 30.3 Å². The number of benzene rings is 2. The van der Waals surface area contributed by atoms with Gasteiger partial charge in [0.05, 0.1) is 17.7 Å². The highest BCUT2D eigenvalue weighted by molar-refractivity contribution is 5.64. The molecule has 0 saturated heterocycles. The first-order valence-corrected chi connectivity index (χ1v) is 14.3. The number of rotatable bonds is 9. The standard InChI is InChI=1S/C16H12N2.C6H14.C5H10O.C4H10.C3H8/c17-11-1-2-13-3-7-15(8-4-13)16-9-5-14(12-18)6-10-16;1-3-5-6-4-2;1-3-5(2)4-6;1-3-4-2;1-3-2/h3-10H,1-2H2;3-6H2,1-2H3;4-5H,3H2,1-2H3;3-4H2,1-2H3;3H2,1-2H3. The molecule has 2 rings (SSSR count). The van der Waals surface area contributed by atoms with Gasteiger partial charge in [-0.15, -0.1) is 0 Å². The Morgan fingerprint density at radius 1 is 0.730 bits per heavy atom. The first-order valence-electron chi connectivity index (χ1n) is 14.3. The maximum atomic E-state index is 9.74. The van der Waals surface area contributed by atoms with Gasteiger partial charge in [0.1, 0.15) is 6.29 Å². The highest BCUT2D eigenvalue weighted by atomic mass is 16.1. The molecule has 0 radical (unpaired) electrons. The van der Waals surface area contributed by atoms with E-state index < -0.39 is 0 Å². The zero-order valence-electron chi connectivity index (χ0n) is 25.1. The lowest BCUT2D eigenvalue weighted by atomic mass is 10.0. The molecule has 3 nitrogen and oxygen atoms in total. The van der Waals surface area contributed by atoms with Crippen LogP contribution in [-0.2, 0) is 11.2 Å². The molecule has 1 unspecified atom stereocenters. The highest BCUT2D eigenvalue weighted by Gasteiger charge is 1.99. The van der Waals surface area contributed by atoms with Crippen LogP contribution in [-0.4, -0.2) is 6.29 Å². The molecule has 0 aromatic heterocycles. The average molecular weight is 507 g/mol. The number of carbonyl (C=O) groups is 1. The van der Waals surface area contributed by atoms with Crippen LogP contribution in [0.15, 0.2) is 48.5 Å². The number of unbranched alkanes of at least 4 members (excludes halogenated alkanes) is 4. The number of hydrogen-bond acceptors (Lipinski definition) is 3. The van der Waals surface area contributed by atoms with Crippen LogP contribution in [0.2, 0.25) is 0 Å². The van der Waals surface area contributed by atoms with Crippen LogP contribution in [0.4, 0.5) is 0 Å². The fourth-order valence-electron chi connectivity index (χ4n) is 2.40. The monoisotopic (exact) mass is 506 g/mol. The Labute approximate surface area is 229 Å². The fraction of sp³-hybridized carbons (Fsp3) is 0.559. The second-order valence-electron chi connectivity index (χ2n) is 8.98. The summed E-state index contributed by atoms with van der Waals surface area (Å²) in [6.07, 6.45) is 12.7. The minimum atomic E-state index is 0.255. The van der Waals surface area contributed by atoms with Crippen molar-refractivity contribution in [2.24, 2.45) is 5.92 Å². The van der Waals surface area contributed by atoms with Crippen LogP contribution in [0.3, 0.4) is 0 Å². The average Bonchev–Trinajstić information content (AvgIpc) is 2.96. The van der Waals surface area contributed by atoms with Crippen molar-refractivity contribution in [3.8, 4) is 23.3 Å². The molecular formula is C34H54N2O. The second kappa shape index (κ2) is 31.1. The van der Waals surface area contributed by atoms with Crippen molar-refractivity contribution in [3.05, 3.63) is 59.7 Å². The molecule has 0 saturated carbocycles. The van der Waals surface area contributed by atoms with Gasteiger partial charge in [0.15, 0.2) is 0 Å². The zero-order chi connectivity index (χ0) is 28.7. The zero-order valence-corrected chi connectivity index (χ0v) is 25.1. The maximum absolute atomic E-state index is 9.74. The van der Waals surface area contributed by atoms with E-state index in [1.807, 2.05) is 62.4 Å². The van der Waals surface area contributed by atoms with Crippen molar-refractivity contribution >= 4 is 6.29 Å². The molecular weight excluding hydrogens is 452 g/mol. The van der Waals surface area contributed by atoms with Crippen LogP contribution in [0.5, 0.6) is 0 Å². The van der Waals surface area contributed by atoms with Crippen LogP contribution >= 0.6 is 0 Å². The summed E-state index contributed by atoms with van der Waals surface area (Å²) in [6.45, 7) is 17.0.